The van der Waals surface area contributed by atoms with Gasteiger partial charge in [0.1, 0.15) is 12.7 Å². The van der Waals surface area contributed by atoms with Gasteiger partial charge in [-0.1, -0.05) is 85.7 Å². The van der Waals surface area contributed by atoms with Gasteiger partial charge in [-0.3, -0.25) is 9.59 Å². The van der Waals surface area contributed by atoms with Crippen molar-refractivity contribution >= 4 is 11.9 Å². The van der Waals surface area contributed by atoms with Crippen LogP contribution < -0.4 is 5.73 Å². The topological polar surface area (TPSA) is 78.6 Å². The van der Waals surface area contributed by atoms with Gasteiger partial charge in [-0.05, 0) is 146 Å². The summed E-state index contributed by atoms with van der Waals surface area (Å²) < 4.78 is 12.3. The second-order valence-corrected chi connectivity index (χ2v) is 21.3. The van der Waals surface area contributed by atoms with Gasteiger partial charge in [0.2, 0.25) is 0 Å². The Morgan fingerprint density at radius 2 is 1.38 bits per heavy atom. The second-order valence-electron chi connectivity index (χ2n) is 21.3. The maximum atomic E-state index is 13.9. The van der Waals surface area contributed by atoms with E-state index in [2.05, 4.69) is 41.5 Å². The van der Waals surface area contributed by atoms with Gasteiger partial charge in [-0.15, -0.1) is 0 Å². The summed E-state index contributed by atoms with van der Waals surface area (Å²) in [6.45, 7) is 19.8. The number of benzene rings is 1. The summed E-state index contributed by atoms with van der Waals surface area (Å²) in [5.41, 5.74) is 9.34. The number of fused-ring (bicyclic) bond motifs is 7. The zero-order valence-corrected chi connectivity index (χ0v) is 32.6. The Morgan fingerprint density at radius 3 is 2.06 bits per heavy atom. The van der Waals surface area contributed by atoms with Crippen molar-refractivity contribution in [1.29, 1.82) is 0 Å². The van der Waals surface area contributed by atoms with E-state index in [0.29, 0.717) is 40.4 Å². The molecule has 8 rings (SSSR count). The first-order valence-corrected chi connectivity index (χ1v) is 20.6. The van der Waals surface area contributed by atoms with Crippen LogP contribution in [0.15, 0.2) is 30.3 Å². The summed E-state index contributed by atoms with van der Waals surface area (Å²) in [6, 6.07) is 9.80. The van der Waals surface area contributed by atoms with Gasteiger partial charge >= 0.3 is 11.9 Å². The van der Waals surface area contributed by atoms with Gasteiger partial charge in [0.05, 0.1) is 11.8 Å². The predicted octanol–water partition coefficient (Wildman–Crippen LogP) is 9.90. The van der Waals surface area contributed by atoms with Gasteiger partial charge in [0, 0.05) is 11.0 Å². The van der Waals surface area contributed by atoms with Crippen LogP contribution in [0.4, 0.5) is 0 Å². The Bertz CT molecular complexity index is 1510. The van der Waals surface area contributed by atoms with Crippen LogP contribution in [-0.2, 0) is 25.7 Å². The number of carbonyl (C=O) groups is 2. The summed E-state index contributed by atoms with van der Waals surface area (Å²) in [4.78, 5) is 27.0. The molecular weight excluding hydrogens is 618 g/mol. The largest absolute Gasteiger partial charge is 0.462 e. The molecule has 1 aromatic rings. The Balaban J connectivity index is 0.953. The molecule has 5 heteroatoms. The number of rotatable bonds is 6. The van der Waals surface area contributed by atoms with Crippen LogP contribution in [0.1, 0.15) is 144 Å². The Labute approximate surface area is 303 Å². The number of hydrogen-bond donors (Lipinski definition) is 1. The third kappa shape index (κ3) is 4.85. The molecule has 7 aliphatic carbocycles. The second kappa shape index (κ2) is 11.3. The van der Waals surface area contributed by atoms with Crippen molar-refractivity contribution in [3.8, 4) is 0 Å². The predicted molar refractivity (Wildman–Crippen MR) is 197 cm³/mol. The molecule has 50 heavy (non-hydrogen) atoms. The van der Waals surface area contributed by atoms with Crippen LogP contribution in [-0.4, -0.2) is 23.6 Å². The first-order chi connectivity index (χ1) is 23.4. The van der Waals surface area contributed by atoms with Crippen molar-refractivity contribution in [2.45, 2.75) is 157 Å². The molecule has 0 radical (unpaired) electrons. The third-order valence-electron chi connectivity index (χ3n) is 18.7. The number of ether oxygens (including phenoxy) is 2. The first-order valence-electron chi connectivity index (χ1n) is 20.6. The van der Waals surface area contributed by atoms with Crippen molar-refractivity contribution < 1.29 is 19.1 Å². The SMILES string of the molecule is CC1([C@@H]2CC[C@@]3(N)CC[C@]4(C)[C@H](CC[C@@H]5[C@@]6(C)CC[C@H](OC(=O)[C@H]7C[C@@H](C(=O)OCc8ccccc8)C7(C)C)C(C)(C)[C@@H]6CC[C@]54C)[C@@H]23)CC1. The van der Waals surface area contributed by atoms with E-state index < -0.39 is 5.41 Å². The molecule has 7 aliphatic rings. The minimum Gasteiger partial charge on any atom is -0.462 e. The quantitative estimate of drug-likeness (QED) is 0.302. The van der Waals surface area contributed by atoms with Crippen molar-refractivity contribution in [2.75, 3.05) is 0 Å². The van der Waals surface area contributed by atoms with Crippen LogP contribution in [0.3, 0.4) is 0 Å². The normalized spacial score (nSPS) is 47.7. The van der Waals surface area contributed by atoms with Gasteiger partial charge in [0.25, 0.3) is 0 Å². The highest BCUT2D eigenvalue weighted by atomic mass is 16.5. The van der Waals surface area contributed by atoms with Crippen molar-refractivity contribution in [3.05, 3.63) is 35.9 Å². The number of hydrogen-bond acceptors (Lipinski definition) is 5. The fraction of sp³-hybridized carbons (Fsp3) is 0.822. The maximum Gasteiger partial charge on any atom is 0.309 e. The fourth-order valence-electron chi connectivity index (χ4n) is 15.0. The lowest BCUT2D eigenvalue weighted by Crippen LogP contribution is -2.68. The van der Waals surface area contributed by atoms with E-state index in [9.17, 15) is 9.59 Å². The third-order valence-corrected chi connectivity index (χ3v) is 18.7. The van der Waals surface area contributed by atoms with E-state index in [1.54, 1.807) is 0 Å². The van der Waals surface area contributed by atoms with Gasteiger partial charge in [-0.2, -0.15) is 0 Å². The molecule has 0 heterocycles. The molecule has 12 atom stereocenters. The van der Waals surface area contributed by atoms with Crippen LogP contribution in [0.2, 0.25) is 0 Å². The smallest absolute Gasteiger partial charge is 0.309 e. The molecule has 5 nitrogen and oxygen atoms in total. The Hall–Kier alpha value is -1.88. The zero-order chi connectivity index (χ0) is 35.7. The van der Waals surface area contributed by atoms with Crippen molar-refractivity contribution in [3.63, 3.8) is 0 Å². The van der Waals surface area contributed by atoms with E-state index in [1.165, 1.54) is 64.2 Å². The van der Waals surface area contributed by atoms with E-state index in [4.69, 9.17) is 15.2 Å². The average Bonchev–Trinajstić information content (AvgIpc) is 3.70. The molecule has 0 bridgehead atoms. The highest BCUT2D eigenvalue weighted by Gasteiger charge is 2.72. The van der Waals surface area contributed by atoms with E-state index in [-0.39, 0.29) is 52.9 Å². The summed E-state index contributed by atoms with van der Waals surface area (Å²) in [5, 5.41) is 0. The van der Waals surface area contributed by atoms with Gasteiger partial charge < -0.3 is 15.2 Å². The molecule has 7 saturated carbocycles. The number of esters is 2. The molecule has 0 saturated heterocycles. The van der Waals surface area contributed by atoms with E-state index in [1.807, 2.05) is 44.2 Å². The monoisotopic (exact) mass is 686 g/mol. The molecule has 2 N–H and O–H groups in total. The Morgan fingerprint density at radius 1 is 0.680 bits per heavy atom. The van der Waals surface area contributed by atoms with Crippen molar-refractivity contribution in [2.24, 2.45) is 79.6 Å². The standard InChI is InChI=1S/C45H67NO4/c1-39(2)31(37(47)49-27-28-12-10-9-11-13-28)26-32(39)38(48)50-35-18-19-42(6)33(40(35,3)4)17-20-44(8)34(42)15-14-30-36-29(41(5)22-23-41)16-21-45(36,46)25-24-43(30,44)7/h9-13,29-36H,14-27,46H2,1-8H3/t29-,30-,31+,32-,33+,34-,35+,36-,42+,43-,44-,45-/m1/s1. The lowest BCUT2D eigenvalue weighted by molar-refractivity contribution is -0.248. The summed E-state index contributed by atoms with van der Waals surface area (Å²) >= 11 is 0. The highest BCUT2D eigenvalue weighted by molar-refractivity contribution is 5.82. The molecule has 0 aromatic heterocycles. The summed E-state index contributed by atoms with van der Waals surface area (Å²) in [6.07, 6.45) is 15.6. The molecular formula is C45H67NO4. The molecule has 0 unspecified atom stereocenters. The fourth-order valence-corrected chi connectivity index (χ4v) is 15.0. The van der Waals surface area contributed by atoms with Crippen LogP contribution >= 0.6 is 0 Å². The number of carbonyl (C=O) groups excluding carboxylic acids is 2. The Kier molecular flexibility index (Phi) is 7.96. The van der Waals surface area contributed by atoms with Crippen molar-refractivity contribution in [1.82, 2.24) is 0 Å². The molecule has 1 aromatic carbocycles. The van der Waals surface area contributed by atoms with E-state index >= 15 is 0 Å². The van der Waals surface area contributed by atoms with Crippen LogP contribution in [0.5, 0.6) is 0 Å². The molecule has 0 spiro atoms. The zero-order valence-electron chi connectivity index (χ0n) is 32.6. The maximum absolute atomic E-state index is 13.9. The summed E-state index contributed by atoms with van der Waals surface area (Å²) in [5.74, 6) is 2.62. The lowest BCUT2D eigenvalue weighted by Gasteiger charge is -2.73. The minimum absolute atomic E-state index is 0.0617. The van der Waals surface area contributed by atoms with Crippen LogP contribution in [0, 0.1) is 73.9 Å². The number of nitrogens with two attached hydrogens (primary N) is 1. The molecule has 276 valence electrons. The van der Waals surface area contributed by atoms with Gasteiger partial charge in [0.15, 0.2) is 0 Å². The molecule has 0 amide bonds. The summed E-state index contributed by atoms with van der Waals surface area (Å²) in [7, 11) is 0. The van der Waals surface area contributed by atoms with Gasteiger partial charge in [-0.25, -0.2) is 0 Å². The highest BCUT2D eigenvalue weighted by Crippen LogP contribution is 2.77. The average molecular weight is 686 g/mol. The lowest BCUT2D eigenvalue weighted by atomic mass is 9.32. The van der Waals surface area contributed by atoms with E-state index in [0.717, 1.165) is 30.2 Å². The molecule has 0 aliphatic heterocycles. The van der Waals surface area contributed by atoms with Crippen LogP contribution in [0.25, 0.3) is 0 Å². The first kappa shape index (κ1) is 35.2. The minimum atomic E-state index is -0.477. The molecule has 7 fully saturated rings.